The van der Waals surface area contributed by atoms with E-state index >= 15 is 0 Å². The predicted molar refractivity (Wildman–Crippen MR) is 75.2 cm³/mol. The summed E-state index contributed by atoms with van der Waals surface area (Å²) in [6.45, 7) is 3.37. The van der Waals surface area contributed by atoms with Crippen LogP contribution in [0, 0.1) is 6.92 Å². The van der Waals surface area contributed by atoms with Crippen LogP contribution in [0.25, 0.3) is 0 Å². The van der Waals surface area contributed by atoms with Crippen molar-refractivity contribution in [1.82, 2.24) is 10.3 Å². The zero-order valence-electron chi connectivity index (χ0n) is 11.0. The van der Waals surface area contributed by atoms with Gasteiger partial charge in [0.25, 0.3) is 0 Å². The molecule has 1 aromatic heterocycles. The summed E-state index contributed by atoms with van der Waals surface area (Å²) in [7, 11) is 1.40. The lowest BCUT2D eigenvalue weighted by Gasteiger charge is -2.08. The lowest BCUT2D eigenvalue weighted by Crippen LogP contribution is -2.15. The molecule has 0 aliphatic heterocycles. The number of thiazole rings is 1. The van der Waals surface area contributed by atoms with Gasteiger partial charge < -0.3 is 10.1 Å². The average Bonchev–Trinajstić information content (AvgIpc) is 2.84. The first-order valence-corrected chi connectivity index (χ1v) is 6.80. The van der Waals surface area contributed by atoms with Crippen LogP contribution in [0.1, 0.15) is 25.8 Å². The fourth-order valence-electron chi connectivity index (χ4n) is 1.79. The van der Waals surface area contributed by atoms with Gasteiger partial charge in [-0.25, -0.2) is 9.78 Å². The summed E-state index contributed by atoms with van der Waals surface area (Å²) in [5, 5.41) is 4.38. The lowest BCUT2D eigenvalue weighted by atomic mass is 10.1. The zero-order chi connectivity index (χ0) is 13.7. The quantitative estimate of drug-likeness (QED) is 0.853. The Kier molecular flexibility index (Phi) is 4.65. The number of ether oxygens (including phenoxy) is 1. The SMILES string of the molecule is COC(=O)c1ccccc1CNCc1cnc(C)s1. The topological polar surface area (TPSA) is 51.2 Å². The van der Waals surface area contributed by atoms with Crippen LogP contribution in [0.5, 0.6) is 0 Å². The van der Waals surface area contributed by atoms with Crippen molar-refractivity contribution in [3.05, 3.63) is 51.5 Å². The van der Waals surface area contributed by atoms with Crippen molar-refractivity contribution >= 4 is 17.3 Å². The van der Waals surface area contributed by atoms with E-state index < -0.39 is 0 Å². The highest BCUT2D eigenvalue weighted by Crippen LogP contribution is 2.13. The number of methoxy groups -OCH3 is 1. The van der Waals surface area contributed by atoms with E-state index in [2.05, 4.69) is 10.3 Å². The van der Waals surface area contributed by atoms with Gasteiger partial charge in [0.2, 0.25) is 0 Å². The molecule has 0 amide bonds. The molecule has 0 spiro atoms. The standard InChI is InChI=1S/C14H16N2O2S/c1-10-16-9-12(19-10)8-15-7-11-5-3-4-6-13(11)14(17)18-2/h3-6,9,15H,7-8H2,1-2H3. The van der Waals surface area contributed by atoms with Gasteiger partial charge in [-0.3, -0.25) is 0 Å². The van der Waals surface area contributed by atoms with Crippen molar-refractivity contribution in [2.75, 3.05) is 7.11 Å². The minimum Gasteiger partial charge on any atom is -0.465 e. The minimum atomic E-state index is -0.300. The number of aryl methyl sites for hydroxylation is 1. The van der Waals surface area contributed by atoms with E-state index in [1.807, 2.05) is 31.3 Å². The number of rotatable bonds is 5. The Morgan fingerprint density at radius 2 is 2.16 bits per heavy atom. The molecule has 1 aromatic carbocycles. The maximum Gasteiger partial charge on any atom is 0.338 e. The third-order valence-electron chi connectivity index (χ3n) is 2.71. The summed E-state index contributed by atoms with van der Waals surface area (Å²) in [6, 6.07) is 7.46. The molecule has 2 rings (SSSR count). The van der Waals surface area contributed by atoms with Crippen LogP contribution in [-0.2, 0) is 17.8 Å². The molecule has 1 N–H and O–H groups in total. The lowest BCUT2D eigenvalue weighted by molar-refractivity contribution is 0.0599. The monoisotopic (exact) mass is 276 g/mol. The van der Waals surface area contributed by atoms with Gasteiger partial charge in [0.15, 0.2) is 0 Å². The fraction of sp³-hybridized carbons (Fsp3) is 0.286. The molecule has 5 heteroatoms. The number of hydrogen-bond acceptors (Lipinski definition) is 5. The van der Waals surface area contributed by atoms with Crippen molar-refractivity contribution in [2.45, 2.75) is 20.0 Å². The normalized spacial score (nSPS) is 10.4. The number of esters is 1. The summed E-state index contributed by atoms with van der Waals surface area (Å²) in [5.41, 5.74) is 1.55. The molecule has 0 unspecified atom stereocenters. The molecule has 0 fully saturated rings. The molecular weight excluding hydrogens is 260 g/mol. The number of carbonyl (C=O) groups is 1. The molecule has 19 heavy (non-hydrogen) atoms. The molecule has 0 aliphatic rings. The Labute approximate surface area is 116 Å². The molecule has 0 saturated carbocycles. The first kappa shape index (κ1) is 13.7. The first-order chi connectivity index (χ1) is 9.20. The van der Waals surface area contributed by atoms with E-state index in [9.17, 15) is 4.79 Å². The van der Waals surface area contributed by atoms with Gasteiger partial charge in [0, 0.05) is 24.2 Å². The van der Waals surface area contributed by atoms with E-state index in [4.69, 9.17) is 4.74 Å². The Hall–Kier alpha value is -1.72. The number of nitrogens with zero attached hydrogens (tertiary/aromatic N) is 1. The Morgan fingerprint density at radius 1 is 1.37 bits per heavy atom. The molecule has 0 atom stereocenters. The van der Waals surface area contributed by atoms with Crippen molar-refractivity contribution < 1.29 is 9.53 Å². The van der Waals surface area contributed by atoms with E-state index in [0.717, 1.165) is 17.1 Å². The van der Waals surface area contributed by atoms with Gasteiger partial charge in [-0.2, -0.15) is 0 Å². The second-order valence-electron chi connectivity index (χ2n) is 4.10. The summed E-state index contributed by atoms with van der Waals surface area (Å²) >= 11 is 1.67. The Bertz CT molecular complexity index is 566. The summed E-state index contributed by atoms with van der Waals surface area (Å²) < 4.78 is 4.77. The van der Waals surface area contributed by atoms with Crippen LogP contribution < -0.4 is 5.32 Å². The third-order valence-corrected chi connectivity index (χ3v) is 3.62. The highest BCUT2D eigenvalue weighted by atomic mass is 32.1. The molecule has 4 nitrogen and oxygen atoms in total. The van der Waals surface area contributed by atoms with Gasteiger partial charge in [-0.15, -0.1) is 11.3 Å². The van der Waals surface area contributed by atoms with Gasteiger partial charge in [0.1, 0.15) is 0 Å². The second kappa shape index (κ2) is 6.45. The number of aromatic nitrogens is 1. The molecular formula is C14H16N2O2S. The van der Waals surface area contributed by atoms with Crippen LogP contribution in [0.3, 0.4) is 0 Å². The van der Waals surface area contributed by atoms with Crippen molar-refractivity contribution in [2.24, 2.45) is 0 Å². The highest BCUT2D eigenvalue weighted by Gasteiger charge is 2.10. The van der Waals surface area contributed by atoms with Crippen molar-refractivity contribution in [1.29, 1.82) is 0 Å². The van der Waals surface area contributed by atoms with E-state index in [0.29, 0.717) is 12.1 Å². The fourth-order valence-corrected chi connectivity index (χ4v) is 2.56. The predicted octanol–water partition coefficient (Wildman–Crippen LogP) is 2.53. The van der Waals surface area contributed by atoms with Gasteiger partial charge >= 0.3 is 5.97 Å². The number of benzene rings is 1. The molecule has 0 radical (unpaired) electrons. The van der Waals surface area contributed by atoms with Crippen LogP contribution >= 0.6 is 11.3 Å². The second-order valence-corrected chi connectivity index (χ2v) is 5.42. The van der Waals surface area contributed by atoms with Gasteiger partial charge in [0.05, 0.1) is 17.7 Å². The number of carbonyl (C=O) groups excluding carboxylic acids is 1. The van der Waals surface area contributed by atoms with Crippen LogP contribution in [-0.4, -0.2) is 18.1 Å². The smallest absolute Gasteiger partial charge is 0.338 e. The number of hydrogen-bond donors (Lipinski definition) is 1. The molecule has 0 saturated heterocycles. The molecule has 0 aliphatic carbocycles. The number of nitrogens with one attached hydrogen (secondary N) is 1. The van der Waals surface area contributed by atoms with Gasteiger partial charge in [-0.1, -0.05) is 18.2 Å². The van der Waals surface area contributed by atoms with E-state index in [1.54, 1.807) is 17.4 Å². The average molecular weight is 276 g/mol. The Balaban J connectivity index is 1.97. The maximum atomic E-state index is 11.6. The maximum absolute atomic E-state index is 11.6. The molecule has 0 bridgehead atoms. The molecule has 2 aromatic rings. The molecule has 1 heterocycles. The first-order valence-electron chi connectivity index (χ1n) is 5.99. The van der Waals surface area contributed by atoms with Crippen LogP contribution in [0.4, 0.5) is 0 Å². The minimum absolute atomic E-state index is 0.300. The van der Waals surface area contributed by atoms with Crippen molar-refractivity contribution in [3.8, 4) is 0 Å². The summed E-state index contributed by atoms with van der Waals surface area (Å²) in [6.07, 6.45) is 1.87. The van der Waals surface area contributed by atoms with E-state index in [1.165, 1.54) is 12.0 Å². The Morgan fingerprint density at radius 3 is 2.84 bits per heavy atom. The summed E-state index contributed by atoms with van der Waals surface area (Å²) in [5.74, 6) is -0.300. The summed E-state index contributed by atoms with van der Waals surface area (Å²) in [4.78, 5) is 17.0. The van der Waals surface area contributed by atoms with Crippen molar-refractivity contribution in [3.63, 3.8) is 0 Å². The highest BCUT2D eigenvalue weighted by molar-refractivity contribution is 7.11. The third kappa shape index (κ3) is 3.62. The zero-order valence-corrected chi connectivity index (χ0v) is 11.8. The van der Waals surface area contributed by atoms with Crippen LogP contribution in [0.15, 0.2) is 30.5 Å². The van der Waals surface area contributed by atoms with Crippen LogP contribution in [0.2, 0.25) is 0 Å². The van der Waals surface area contributed by atoms with E-state index in [-0.39, 0.29) is 5.97 Å². The molecule has 100 valence electrons. The van der Waals surface area contributed by atoms with Gasteiger partial charge in [-0.05, 0) is 18.6 Å². The largest absolute Gasteiger partial charge is 0.465 e.